The van der Waals surface area contributed by atoms with Crippen LogP contribution in [0.2, 0.25) is 0 Å². The van der Waals surface area contributed by atoms with Crippen LogP contribution in [-0.4, -0.2) is 50.4 Å². The summed E-state index contributed by atoms with van der Waals surface area (Å²) in [6.45, 7) is 3.90. The van der Waals surface area contributed by atoms with Gasteiger partial charge in [0.2, 0.25) is 0 Å². The largest absolute Gasteiger partial charge is 0.496 e. The fraction of sp³-hybridized carbons (Fsp3) is 0.364. The molecule has 164 valence electrons. The van der Waals surface area contributed by atoms with Crippen LogP contribution in [-0.2, 0) is 17.6 Å². The molecule has 1 fully saturated rings. The lowest BCUT2D eigenvalue weighted by atomic mass is 10.1. The van der Waals surface area contributed by atoms with E-state index in [1.54, 1.807) is 19.2 Å². The Kier molecular flexibility index (Phi) is 6.35. The van der Waals surface area contributed by atoms with Gasteiger partial charge in [0, 0.05) is 30.4 Å². The van der Waals surface area contributed by atoms with Gasteiger partial charge in [-0.05, 0) is 55.2 Å². The number of piperidine rings is 1. The molecule has 1 aliphatic heterocycles. The van der Waals surface area contributed by atoms with Crippen LogP contribution >= 0.6 is 0 Å². The highest BCUT2D eigenvalue weighted by Crippen LogP contribution is 2.32. The Bertz CT molecular complexity index is 1120. The zero-order valence-corrected chi connectivity index (χ0v) is 18.4. The smallest absolute Gasteiger partial charge is 0.186 e. The van der Waals surface area contributed by atoms with E-state index < -0.39 is 11.1 Å². The number of aryl methyl sites for hydroxylation is 1. The number of anilines is 2. The maximum absolute atomic E-state index is 11.7. The Hall–Kier alpha value is -2.75. The number of nitrogens with zero attached hydrogens (tertiary/aromatic N) is 3. The molecule has 8 nitrogen and oxygen atoms in total. The van der Waals surface area contributed by atoms with Crippen LogP contribution in [0.1, 0.15) is 24.0 Å². The number of aliphatic hydroxyl groups is 1. The monoisotopic (exact) mass is 442 g/mol. The third-order valence-corrected chi connectivity index (χ3v) is 6.27. The zero-order chi connectivity index (χ0) is 22.0. The maximum Gasteiger partial charge on any atom is 0.186 e. The highest BCUT2D eigenvalue weighted by molar-refractivity contribution is 7.79. The molecule has 0 saturated carbocycles. The van der Waals surface area contributed by atoms with E-state index in [2.05, 4.69) is 20.4 Å². The molecular formula is C22H26N4O4S. The van der Waals surface area contributed by atoms with E-state index in [0.717, 1.165) is 33.5 Å². The molecule has 3 aromatic rings. The standard InChI is InChI=1S/C22H26N4O4S/c1-14-11-15(3-6-20(14)30-2)13-23-21-19-12-17(31(28)29)4-5-18(19)22(25-24-21)26-9-7-16(27)8-10-26/h3-6,11-12,16,27H,7-10,13H2,1-2H3,(H,23,24)(H,28,29). The lowest BCUT2D eigenvalue weighted by molar-refractivity contribution is 0.145. The van der Waals surface area contributed by atoms with Crippen LogP contribution in [0.3, 0.4) is 0 Å². The van der Waals surface area contributed by atoms with Crippen molar-refractivity contribution in [2.24, 2.45) is 0 Å². The van der Waals surface area contributed by atoms with Crippen molar-refractivity contribution < 1.29 is 18.6 Å². The first-order chi connectivity index (χ1) is 15.0. The topological polar surface area (TPSA) is 108 Å². The second-order valence-electron chi connectivity index (χ2n) is 7.70. The molecule has 9 heteroatoms. The average Bonchev–Trinajstić information content (AvgIpc) is 2.77. The van der Waals surface area contributed by atoms with Crippen molar-refractivity contribution in [3.05, 3.63) is 47.5 Å². The molecule has 1 aliphatic rings. The molecular weight excluding hydrogens is 416 g/mol. The highest BCUT2D eigenvalue weighted by Gasteiger charge is 2.22. The molecule has 1 unspecified atom stereocenters. The van der Waals surface area contributed by atoms with Gasteiger partial charge in [-0.1, -0.05) is 12.1 Å². The Morgan fingerprint density at radius 3 is 2.61 bits per heavy atom. The third kappa shape index (κ3) is 4.63. The lowest BCUT2D eigenvalue weighted by Crippen LogP contribution is -2.36. The minimum atomic E-state index is -2.09. The van der Waals surface area contributed by atoms with Gasteiger partial charge in [-0.15, -0.1) is 10.2 Å². The lowest BCUT2D eigenvalue weighted by Gasteiger charge is -2.31. The number of fused-ring (bicyclic) bond motifs is 1. The number of aromatic nitrogens is 2. The Balaban J connectivity index is 1.67. The third-order valence-electron chi connectivity index (χ3n) is 5.62. The number of rotatable bonds is 6. The van der Waals surface area contributed by atoms with Gasteiger partial charge in [0.05, 0.1) is 18.1 Å². The van der Waals surface area contributed by atoms with Crippen LogP contribution in [0, 0.1) is 6.92 Å². The number of ether oxygens (including phenoxy) is 1. The molecule has 2 heterocycles. The van der Waals surface area contributed by atoms with E-state index in [1.807, 2.05) is 31.2 Å². The number of hydrogen-bond donors (Lipinski definition) is 3. The molecule has 31 heavy (non-hydrogen) atoms. The molecule has 3 N–H and O–H groups in total. The van der Waals surface area contributed by atoms with Gasteiger partial charge in [-0.2, -0.15) is 0 Å². The number of methoxy groups -OCH3 is 1. The Morgan fingerprint density at radius 1 is 1.16 bits per heavy atom. The molecule has 2 aromatic carbocycles. The summed E-state index contributed by atoms with van der Waals surface area (Å²) in [5.41, 5.74) is 2.10. The minimum Gasteiger partial charge on any atom is -0.496 e. The van der Waals surface area contributed by atoms with Crippen molar-refractivity contribution in [2.45, 2.75) is 37.3 Å². The first kappa shape index (κ1) is 21.5. The predicted molar refractivity (Wildman–Crippen MR) is 121 cm³/mol. The van der Waals surface area contributed by atoms with Crippen LogP contribution in [0.15, 0.2) is 41.3 Å². The molecule has 1 atom stereocenters. The van der Waals surface area contributed by atoms with Gasteiger partial charge >= 0.3 is 0 Å². The van der Waals surface area contributed by atoms with E-state index in [-0.39, 0.29) is 6.10 Å². The van der Waals surface area contributed by atoms with Crippen LogP contribution in [0.4, 0.5) is 11.6 Å². The predicted octanol–water partition coefficient (Wildman–Crippen LogP) is 3.10. The summed E-state index contributed by atoms with van der Waals surface area (Å²) in [5, 5.41) is 23.6. The molecule has 1 aromatic heterocycles. The van der Waals surface area contributed by atoms with E-state index in [9.17, 15) is 13.9 Å². The first-order valence-corrected chi connectivity index (χ1v) is 11.3. The summed E-state index contributed by atoms with van der Waals surface area (Å²) in [6, 6.07) is 11.1. The maximum atomic E-state index is 11.7. The van der Waals surface area contributed by atoms with Crippen molar-refractivity contribution >= 4 is 33.5 Å². The van der Waals surface area contributed by atoms with Gasteiger partial charge in [0.15, 0.2) is 22.7 Å². The number of benzene rings is 2. The van der Waals surface area contributed by atoms with Crippen LogP contribution in [0.5, 0.6) is 5.75 Å². The van der Waals surface area contributed by atoms with Gasteiger partial charge in [0.25, 0.3) is 0 Å². The van der Waals surface area contributed by atoms with Gasteiger partial charge < -0.3 is 24.6 Å². The average molecular weight is 443 g/mol. The molecule has 0 amide bonds. The number of aliphatic hydroxyl groups excluding tert-OH is 1. The van der Waals surface area contributed by atoms with Gasteiger partial charge in [0.1, 0.15) is 5.75 Å². The van der Waals surface area contributed by atoms with Crippen molar-refractivity contribution in [2.75, 3.05) is 30.4 Å². The summed E-state index contributed by atoms with van der Waals surface area (Å²) < 4.78 is 26.6. The van der Waals surface area contributed by atoms with E-state index in [0.29, 0.717) is 43.2 Å². The molecule has 1 saturated heterocycles. The van der Waals surface area contributed by atoms with Gasteiger partial charge in [-0.3, -0.25) is 0 Å². The summed E-state index contributed by atoms with van der Waals surface area (Å²) in [4.78, 5) is 2.41. The van der Waals surface area contributed by atoms with E-state index >= 15 is 0 Å². The Morgan fingerprint density at radius 2 is 1.94 bits per heavy atom. The second kappa shape index (κ2) is 9.17. The van der Waals surface area contributed by atoms with Crippen LogP contribution < -0.4 is 15.0 Å². The summed E-state index contributed by atoms with van der Waals surface area (Å²) in [5.74, 6) is 2.11. The second-order valence-corrected chi connectivity index (χ2v) is 8.67. The first-order valence-electron chi connectivity index (χ1n) is 10.2. The van der Waals surface area contributed by atoms with Crippen LogP contribution in [0.25, 0.3) is 10.8 Å². The zero-order valence-electron chi connectivity index (χ0n) is 17.5. The van der Waals surface area contributed by atoms with Crippen molar-refractivity contribution in [1.29, 1.82) is 0 Å². The van der Waals surface area contributed by atoms with E-state index in [4.69, 9.17) is 4.74 Å². The quantitative estimate of drug-likeness (QED) is 0.500. The highest BCUT2D eigenvalue weighted by atomic mass is 32.2. The van der Waals surface area contributed by atoms with Crippen molar-refractivity contribution in [3.8, 4) is 5.75 Å². The number of nitrogens with one attached hydrogen (secondary N) is 1. The SMILES string of the molecule is COc1ccc(CNc2nnc(N3CCC(O)CC3)c3ccc(S(=O)O)cc23)cc1C. The molecule has 0 spiro atoms. The molecule has 4 rings (SSSR count). The molecule has 0 aliphatic carbocycles. The minimum absolute atomic E-state index is 0.284. The fourth-order valence-corrected chi connectivity index (χ4v) is 4.31. The molecule has 0 bridgehead atoms. The molecule has 0 radical (unpaired) electrons. The van der Waals surface area contributed by atoms with Crippen molar-refractivity contribution in [1.82, 2.24) is 10.2 Å². The fourth-order valence-electron chi connectivity index (χ4n) is 3.91. The Labute approximate surface area is 183 Å². The van der Waals surface area contributed by atoms with E-state index in [1.165, 1.54) is 0 Å². The van der Waals surface area contributed by atoms with Crippen molar-refractivity contribution in [3.63, 3.8) is 0 Å². The normalized spacial score (nSPS) is 15.8. The van der Waals surface area contributed by atoms with Gasteiger partial charge in [-0.25, -0.2) is 4.21 Å². The summed E-state index contributed by atoms with van der Waals surface area (Å²) >= 11 is -2.09. The number of hydrogen-bond acceptors (Lipinski definition) is 7. The summed E-state index contributed by atoms with van der Waals surface area (Å²) in [6.07, 6.45) is 1.07. The summed E-state index contributed by atoms with van der Waals surface area (Å²) in [7, 11) is 1.65.